The van der Waals surface area contributed by atoms with Crippen LogP contribution in [0.5, 0.6) is 0 Å². The predicted octanol–water partition coefficient (Wildman–Crippen LogP) is 1.66. The van der Waals surface area contributed by atoms with E-state index < -0.39 is 11.6 Å². The van der Waals surface area contributed by atoms with Crippen LogP contribution in [0.15, 0.2) is 24.5 Å². The number of hydrogen-bond acceptors (Lipinski definition) is 4. The molecule has 0 aliphatic carbocycles. The van der Waals surface area contributed by atoms with E-state index in [4.69, 9.17) is 4.74 Å². The van der Waals surface area contributed by atoms with E-state index in [0.29, 0.717) is 13.2 Å². The van der Waals surface area contributed by atoms with Gasteiger partial charge in [-0.1, -0.05) is 12.1 Å². The molecule has 24 heavy (non-hydrogen) atoms. The second kappa shape index (κ2) is 7.04. The van der Waals surface area contributed by atoms with Crippen LogP contribution in [0.1, 0.15) is 23.7 Å². The summed E-state index contributed by atoms with van der Waals surface area (Å²) in [5, 5.41) is 6.67. The Balaban J connectivity index is 1.63. The van der Waals surface area contributed by atoms with Gasteiger partial charge in [0.1, 0.15) is 12.2 Å². The van der Waals surface area contributed by atoms with Gasteiger partial charge in [-0.3, -0.25) is 9.89 Å². The molecule has 0 bridgehead atoms. The number of aromatic amines is 1. The van der Waals surface area contributed by atoms with Crippen LogP contribution < -0.4 is 0 Å². The molecule has 1 aliphatic heterocycles. The van der Waals surface area contributed by atoms with E-state index >= 15 is 0 Å². The highest BCUT2D eigenvalue weighted by Crippen LogP contribution is 2.29. The summed E-state index contributed by atoms with van der Waals surface area (Å²) < 4.78 is 32.6. The number of likely N-dealkylation sites (N-methyl/N-ethyl adjacent to an activating group) is 1. The van der Waals surface area contributed by atoms with Crippen LogP contribution in [0.3, 0.4) is 0 Å². The first kappa shape index (κ1) is 16.5. The van der Waals surface area contributed by atoms with E-state index in [1.165, 1.54) is 23.4 Å². The quantitative estimate of drug-likeness (QED) is 0.901. The molecule has 1 saturated heterocycles. The Morgan fingerprint density at radius 2 is 2.29 bits per heavy atom. The zero-order valence-corrected chi connectivity index (χ0v) is 13.2. The van der Waals surface area contributed by atoms with Gasteiger partial charge in [0.2, 0.25) is 5.91 Å². The van der Waals surface area contributed by atoms with E-state index in [0.717, 1.165) is 18.3 Å². The summed E-state index contributed by atoms with van der Waals surface area (Å²) in [6.45, 7) is 0.928. The molecule has 8 heteroatoms. The smallest absolute Gasteiger partial charge is 0.226 e. The van der Waals surface area contributed by atoms with Crippen molar-refractivity contribution in [1.29, 1.82) is 0 Å². The van der Waals surface area contributed by atoms with Gasteiger partial charge < -0.3 is 9.64 Å². The third-order valence-corrected chi connectivity index (χ3v) is 4.25. The van der Waals surface area contributed by atoms with Crippen LogP contribution in [-0.2, 0) is 16.0 Å². The van der Waals surface area contributed by atoms with Crippen molar-refractivity contribution in [2.24, 2.45) is 0 Å². The summed E-state index contributed by atoms with van der Waals surface area (Å²) in [5.74, 6) is -1.46. The van der Waals surface area contributed by atoms with Crippen molar-refractivity contribution in [2.75, 3.05) is 20.2 Å². The van der Waals surface area contributed by atoms with Crippen LogP contribution in [-0.4, -0.2) is 52.3 Å². The molecule has 1 amide bonds. The molecule has 2 heterocycles. The zero-order valence-electron chi connectivity index (χ0n) is 13.2. The van der Waals surface area contributed by atoms with Crippen LogP contribution in [0.2, 0.25) is 0 Å². The second-order valence-corrected chi connectivity index (χ2v) is 5.84. The highest BCUT2D eigenvalue weighted by molar-refractivity contribution is 5.78. The van der Waals surface area contributed by atoms with Crippen LogP contribution >= 0.6 is 0 Å². The average molecular weight is 336 g/mol. The molecule has 0 saturated carbocycles. The van der Waals surface area contributed by atoms with Gasteiger partial charge in [0.25, 0.3) is 0 Å². The van der Waals surface area contributed by atoms with Crippen LogP contribution in [0.4, 0.5) is 8.78 Å². The van der Waals surface area contributed by atoms with Crippen LogP contribution in [0, 0.1) is 11.6 Å². The lowest BCUT2D eigenvalue weighted by Crippen LogP contribution is -2.37. The van der Waals surface area contributed by atoms with Gasteiger partial charge in [0, 0.05) is 31.7 Å². The van der Waals surface area contributed by atoms with Gasteiger partial charge in [-0.25, -0.2) is 13.8 Å². The normalized spacial score (nSPS) is 20.3. The number of carbonyl (C=O) groups excluding carboxylic acids is 1. The summed E-state index contributed by atoms with van der Waals surface area (Å²) in [4.78, 5) is 17.9. The third-order valence-electron chi connectivity index (χ3n) is 4.25. The van der Waals surface area contributed by atoms with Gasteiger partial charge >= 0.3 is 0 Å². The molecule has 2 aromatic rings. The fourth-order valence-electron chi connectivity index (χ4n) is 2.89. The summed E-state index contributed by atoms with van der Waals surface area (Å²) in [6.07, 6.45) is 1.83. The maximum Gasteiger partial charge on any atom is 0.226 e. The van der Waals surface area contributed by atoms with Crippen LogP contribution in [0.25, 0.3) is 0 Å². The molecule has 6 nitrogen and oxygen atoms in total. The topological polar surface area (TPSA) is 71.1 Å². The van der Waals surface area contributed by atoms with E-state index in [2.05, 4.69) is 15.2 Å². The number of amides is 1. The summed E-state index contributed by atoms with van der Waals surface area (Å²) in [6, 6.07) is 3.83. The predicted molar refractivity (Wildman–Crippen MR) is 81.2 cm³/mol. The Bertz CT molecular complexity index is 708. The van der Waals surface area contributed by atoms with Gasteiger partial charge in [-0.2, -0.15) is 5.10 Å². The Kier molecular flexibility index (Phi) is 4.84. The zero-order chi connectivity index (χ0) is 17.1. The molecule has 2 atom stereocenters. The minimum atomic E-state index is -0.976. The SMILES string of the molecule is CN(C[C@H]1OCC[C@H]1c1ncn[nH]1)C(=O)Cc1cccc(F)c1F. The molecular weight excluding hydrogens is 318 g/mol. The van der Waals surface area contributed by atoms with Crippen molar-refractivity contribution >= 4 is 5.91 Å². The first-order valence-corrected chi connectivity index (χ1v) is 7.70. The lowest BCUT2D eigenvalue weighted by molar-refractivity contribution is -0.130. The van der Waals surface area contributed by atoms with Crippen molar-refractivity contribution < 1.29 is 18.3 Å². The minimum absolute atomic E-state index is 0.0358. The number of nitrogens with zero attached hydrogens (tertiary/aromatic N) is 3. The molecule has 128 valence electrons. The standard InChI is InChI=1S/C16H18F2N4O2/c1-22(14(23)7-10-3-2-4-12(17)15(10)18)8-13-11(5-6-24-13)16-19-9-20-21-16/h2-4,9,11,13H,5-8H2,1H3,(H,19,20,21)/t11-,13-/m1/s1. The maximum absolute atomic E-state index is 13.7. The number of hydrogen-bond donors (Lipinski definition) is 1. The van der Waals surface area contributed by atoms with Gasteiger partial charge in [-0.05, 0) is 12.5 Å². The fraction of sp³-hybridized carbons (Fsp3) is 0.438. The van der Waals surface area contributed by atoms with Gasteiger partial charge in [0.05, 0.1) is 12.5 Å². The van der Waals surface area contributed by atoms with Crippen molar-refractivity contribution in [3.05, 3.63) is 47.5 Å². The first-order chi connectivity index (χ1) is 11.6. The molecular formula is C16H18F2N4O2. The summed E-state index contributed by atoms with van der Waals surface area (Å²) in [5.41, 5.74) is 0.0472. The minimum Gasteiger partial charge on any atom is -0.376 e. The van der Waals surface area contributed by atoms with E-state index in [9.17, 15) is 13.6 Å². The van der Waals surface area contributed by atoms with E-state index in [1.807, 2.05) is 0 Å². The van der Waals surface area contributed by atoms with Crippen molar-refractivity contribution in [3.63, 3.8) is 0 Å². The van der Waals surface area contributed by atoms with Crippen molar-refractivity contribution in [1.82, 2.24) is 20.1 Å². The number of halogens is 2. The largest absolute Gasteiger partial charge is 0.376 e. The van der Waals surface area contributed by atoms with Gasteiger partial charge in [-0.15, -0.1) is 0 Å². The molecule has 0 unspecified atom stereocenters. The van der Waals surface area contributed by atoms with Crippen molar-refractivity contribution in [3.8, 4) is 0 Å². The Morgan fingerprint density at radius 1 is 1.46 bits per heavy atom. The molecule has 1 aromatic heterocycles. The monoisotopic (exact) mass is 336 g/mol. The highest BCUT2D eigenvalue weighted by atomic mass is 19.2. The number of carbonyl (C=O) groups is 1. The third kappa shape index (κ3) is 3.43. The van der Waals surface area contributed by atoms with Crippen molar-refractivity contribution in [2.45, 2.75) is 24.9 Å². The Labute approximate surface area is 137 Å². The number of ether oxygens (including phenoxy) is 1. The molecule has 1 fully saturated rings. The molecule has 1 N–H and O–H groups in total. The molecule has 3 rings (SSSR count). The Hall–Kier alpha value is -2.35. The maximum atomic E-state index is 13.7. The molecule has 0 radical (unpaired) electrons. The Morgan fingerprint density at radius 3 is 3.04 bits per heavy atom. The van der Waals surface area contributed by atoms with E-state index in [-0.39, 0.29) is 29.9 Å². The number of H-pyrrole nitrogens is 1. The number of benzene rings is 1. The highest BCUT2D eigenvalue weighted by Gasteiger charge is 2.33. The molecule has 0 spiro atoms. The van der Waals surface area contributed by atoms with Gasteiger partial charge in [0.15, 0.2) is 11.6 Å². The summed E-state index contributed by atoms with van der Waals surface area (Å²) >= 11 is 0. The first-order valence-electron chi connectivity index (χ1n) is 7.70. The van der Waals surface area contributed by atoms with E-state index in [1.54, 1.807) is 7.05 Å². The molecule has 1 aliphatic rings. The number of nitrogens with one attached hydrogen (secondary N) is 1. The number of aromatic nitrogens is 3. The lowest BCUT2D eigenvalue weighted by atomic mass is 10.00. The average Bonchev–Trinajstić information content (AvgIpc) is 3.22. The molecule has 1 aromatic carbocycles. The summed E-state index contributed by atoms with van der Waals surface area (Å²) in [7, 11) is 1.62. The second-order valence-electron chi connectivity index (χ2n) is 5.84. The lowest BCUT2D eigenvalue weighted by Gasteiger charge is -2.24. The fourth-order valence-corrected chi connectivity index (χ4v) is 2.89. The number of rotatable bonds is 5.